The number of carbonyl (C=O) groups is 2. The maximum atomic E-state index is 12.5. The van der Waals surface area contributed by atoms with E-state index in [4.69, 9.17) is 5.11 Å². The predicted molar refractivity (Wildman–Crippen MR) is 119 cm³/mol. The Morgan fingerprint density at radius 2 is 1.81 bits per heavy atom. The molecule has 31 heavy (non-hydrogen) atoms. The highest BCUT2D eigenvalue weighted by molar-refractivity contribution is 6.04. The first kappa shape index (κ1) is 23.6. The van der Waals surface area contributed by atoms with Gasteiger partial charge in [0.15, 0.2) is 0 Å². The minimum absolute atomic E-state index is 0.118. The fourth-order valence-electron chi connectivity index (χ4n) is 2.69. The lowest BCUT2D eigenvalue weighted by molar-refractivity contribution is -0.384. The van der Waals surface area contributed by atoms with E-state index < -0.39 is 10.8 Å². The zero-order valence-corrected chi connectivity index (χ0v) is 17.5. The number of nitrogens with one attached hydrogen (secondary N) is 4. The second-order valence-corrected chi connectivity index (χ2v) is 7.19. The van der Waals surface area contributed by atoms with Crippen LogP contribution in [0.3, 0.4) is 0 Å². The highest BCUT2D eigenvalue weighted by atomic mass is 16.6. The van der Waals surface area contributed by atoms with Crippen molar-refractivity contribution in [2.75, 3.05) is 42.2 Å². The summed E-state index contributed by atoms with van der Waals surface area (Å²) < 4.78 is 0. The van der Waals surface area contributed by atoms with Gasteiger partial charge in [0.05, 0.1) is 40.7 Å². The fourth-order valence-corrected chi connectivity index (χ4v) is 2.69. The van der Waals surface area contributed by atoms with Crippen molar-refractivity contribution in [2.24, 2.45) is 5.92 Å². The highest BCUT2D eigenvalue weighted by Gasteiger charge is 2.15. The standard InChI is InChI=1S/C21H27N5O5/c1-14(2)12-24-21(29)16-5-3-4-6-17(16)25-20(28)13-23-19-11-15(26(30)31)7-8-18(19)22-9-10-27/h3-8,11,14,22-23,27H,9-10,12-13H2,1-2H3,(H,24,29)(H,25,28). The monoisotopic (exact) mass is 429 g/mol. The van der Waals surface area contributed by atoms with E-state index in [1.807, 2.05) is 13.8 Å². The average Bonchev–Trinajstić information content (AvgIpc) is 2.75. The highest BCUT2D eigenvalue weighted by Crippen LogP contribution is 2.27. The molecule has 0 fully saturated rings. The van der Waals surface area contributed by atoms with Gasteiger partial charge < -0.3 is 26.4 Å². The van der Waals surface area contributed by atoms with Gasteiger partial charge in [-0.1, -0.05) is 26.0 Å². The number of benzene rings is 2. The molecule has 10 nitrogen and oxygen atoms in total. The van der Waals surface area contributed by atoms with Gasteiger partial charge in [0.25, 0.3) is 11.6 Å². The zero-order chi connectivity index (χ0) is 22.8. The normalized spacial score (nSPS) is 10.5. The molecule has 0 spiro atoms. The van der Waals surface area contributed by atoms with E-state index in [2.05, 4.69) is 21.3 Å². The molecule has 0 saturated heterocycles. The minimum atomic E-state index is -0.535. The summed E-state index contributed by atoms with van der Waals surface area (Å²) in [6.07, 6.45) is 0. The smallest absolute Gasteiger partial charge is 0.271 e. The maximum Gasteiger partial charge on any atom is 0.271 e. The van der Waals surface area contributed by atoms with Crippen molar-refractivity contribution in [3.8, 4) is 0 Å². The van der Waals surface area contributed by atoms with Crippen molar-refractivity contribution < 1.29 is 19.6 Å². The average molecular weight is 429 g/mol. The molecule has 2 amide bonds. The Balaban J connectivity index is 2.08. The molecular weight excluding hydrogens is 402 g/mol. The van der Waals surface area contributed by atoms with E-state index in [-0.39, 0.29) is 31.3 Å². The van der Waals surface area contributed by atoms with Gasteiger partial charge in [-0.05, 0) is 24.1 Å². The minimum Gasteiger partial charge on any atom is -0.395 e. The van der Waals surface area contributed by atoms with Crippen LogP contribution in [0.15, 0.2) is 42.5 Å². The van der Waals surface area contributed by atoms with Crippen molar-refractivity contribution in [1.82, 2.24) is 5.32 Å². The predicted octanol–water partition coefficient (Wildman–Crippen LogP) is 2.44. The number of hydrogen-bond donors (Lipinski definition) is 5. The van der Waals surface area contributed by atoms with Crippen molar-refractivity contribution in [3.05, 3.63) is 58.1 Å². The number of amides is 2. The van der Waals surface area contributed by atoms with Crippen LogP contribution in [0.4, 0.5) is 22.7 Å². The molecule has 0 aromatic heterocycles. The van der Waals surface area contributed by atoms with E-state index in [0.29, 0.717) is 35.1 Å². The quantitative estimate of drug-likeness (QED) is 0.272. The fraction of sp³-hybridized carbons (Fsp3) is 0.333. The molecule has 2 rings (SSSR count). The third-order valence-corrected chi connectivity index (χ3v) is 4.20. The topological polar surface area (TPSA) is 146 Å². The summed E-state index contributed by atoms with van der Waals surface area (Å²) in [4.78, 5) is 35.4. The molecular formula is C21H27N5O5. The molecule has 0 bridgehead atoms. The number of hydrogen-bond acceptors (Lipinski definition) is 7. The summed E-state index contributed by atoms with van der Waals surface area (Å²) in [5.41, 5.74) is 1.44. The number of aliphatic hydroxyl groups excluding tert-OH is 1. The first-order valence-electron chi connectivity index (χ1n) is 9.86. The molecule has 0 saturated carbocycles. The van der Waals surface area contributed by atoms with Crippen molar-refractivity contribution in [2.45, 2.75) is 13.8 Å². The van der Waals surface area contributed by atoms with Crippen LogP contribution < -0.4 is 21.3 Å². The molecule has 10 heteroatoms. The first-order valence-corrected chi connectivity index (χ1v) is 9.86. The van der Waals surface area contributed by atoms with E-state index in [1.54, 1.807) is 24.3 Å². The van der Waals surface area contributed by atoms with Gasteiger partial charge in [-0.25, -0.2) is 0 Å². The van der Waals surface area contributed by atoms with Crippen LogP contribution in [-0.4, -0.2) is 48.1 Å². The largest absolute Gasteiger partial charge is 0.395 e. The third-order valence-electron chi connectivity index (χ3n) is 4.20. The Morgan fingerprint density at radius 1 is 1.06 bits per heavy atom. The molecule has 0 aliphatic carbocycles. The molecule has 0 radical (unpaired) electrons. The van der Waals surface area contributed by atoms with E-state index in [0.717, 1.165) is 0 Å². The molecule has 2 aromatic carbocycles. The van der Waals surface area contributed by atoms with Crippen LogP contribution in [0.5, 0.6) is 0 Å². The molecule has 0 aliphatic heterocycles. The summed E-state index contributed by atoms with van der Waals surface area (Å²) in [6.45, 7) is 4.43. The zero-order valence-electron chi connectivity index (χ0n) is 17.5. The van der Waals surface area contributed by atoms with Crippen molar-refractivity contribution in [1.29, 1.82) is 0 Å². The van der Waals surface area contributed by atoms with Crippen molar-refractivity contribution >= 4 is 34.6 Å². The maximum absolute atomic E-state index is 12.5. The SMILES string of the molecule is CC(C)CNC(=O)c1ccccc1NC(=O)CNc1cc([N+](=O)[O-])ccc1NCCO. The number of non-ortho nitro benzene ring substituents is 1. The molecule has 2 aromatic rings. The van der Waals surface area contributed by atoms with E-state index >= 15 is 0 Å². The summed E-state index contributed by atoms with van der Waals surface area (Å²) >= 11 is 0. The van der Waals surface area contributed by atoms with Crippen molar-refractivity contribution in [3.63, 3.8) is 0 Å². The summed E-state index contributed by atoms with van der Waals surface area (Å²) in [5.74, 6) is -0.422. The van der Waals surface area contributed by atoms with Crippen LogP contribution in [0.25, 0.3) is 0 Å². The molecule has 0 aliphatic rings. The van der Waals surface area contributed by atoms with Crippen LogP contribution in [0.2, 0.25) is 0 Å². The lowest BCUT2D eigenvalue weighted by Crippen LogP contribution is -2.29. The molecule has 166 valence electrons. The Bertz CT molecular complexity index is 932. The van der Waals surface area contributed by atoms with Crippen LogP contribution >= 0.6 is 0 Å². The van der Waals surface area contributed by atoms with Gasteiger partial charge in [0.1, 0.15) is 0 Å². The number of carbonyl (C=O) groups excluding carboxylic acids is 2. The first-order chi connectivity index (χ1) is 14.8. The number of rotatable bonds is 11. The van der Waals surface area contributed by atoms with Crippen LogP contribution in [0, 0.1) is 16.0 Å². The van der Waals surface area contributed by atoms with E-state index in [1.165, 1.54) is 18.2 Å². The number of nitro benzene ring substituents is 1. The molecule has 0 heterocycles. The lowest BCUT2D eigenvalue weighted by Gasteiger charge is -2.15. The molecule has 0 unspecified atom stereocenters. The summed E-state index contributed by atoms with van der Waals surface area (Å²) in [7, 11) is 0. The Hall–Kier alpha value is -3.66. The van der Waals surface area contributed by atoms with Crippen LogP contribution in [0.1, 0.15) is 24.2 Å². The van der Waals surface area contributed by atoms with Gasteiger partial charge in [-0.15, -0.1) is 0 Å². The Kier molecular flexibility index (Phi) is 8.77. The Morgan fingerprint density at radius 3 is 2.48 bits per heavy atom. The second-order valence-electron chi connectivity index (χ2n) is 7.19. The number of para-hydroxylation sites is 1. The van der Waals surface area contributed by atoms with Gasteiger partial charge in [-0.2, -0.15) is 0 Å². The number of anilines is 3. The number of nitro groups is 1. The summed E-state index contributed by atoms with van der Waals surface area (Å²) in [6, 6.07) is 10.8. The van der Waals surface area contributed by atoms with Gasteiger partial charge in [-0.3, -0.25) is 19.7 Å². The van der Waals surface area contributed by atoms with Gasteiger partial charge in [0, 0.05) is 25.2 Å². The Labute approximate surface area is 180 Å². The van der Waals surface area contributed by atoms with Gasteiger partial charge in [0.2, 0.25) is 5.91 Å². The van der Waals surface area contributed by atoms with Gasteiger partial charge >= 0.3 is 0 Å². The van der Waals surface area contributed by atoms with Crippen LogP contribution in [-0.2, 0) is 4.79 Å². The summed E-state index contributed by atoms with van der Waals surface area (Å²) in [5, 5.41) is 31.4. The third kappa shape index (κ3) is 7.27. The molecule has 5 N–H and O–H groups in total. The second kappa shape index (κ2) is 11.5. The van der Waals surface area contributed by atoms with E-state index in [9.17, 15) is 19.7 Å². The number of aliphatic hydroxyl groups is 1. The lowest BCUT2D eigenvalue weighted by atomic mass is 10.1. The number of nitrogens with zero attached hydrogens (tertiary/aromatic N) is 1. The molecule has 0 atom stereocenters.